The Morgan fingerprint density at radius 1 is 0.476 bits per heavy atom. The van der Waals surface area contributed by atoms with Gasteiger partial charge in [-0.3, -0.25) is 9.59 Å². The highest BCUT2D eigenvalue weighted by atomic mass is 16.5. The molecule has 0 aromatic heterocycles. The van der Waals surface area contributed by atoms with Crippen LogP contribution in [0.1, 0.15) is 226 Å². The van der Waals surface area contributed by atoms with E-state index in [4.69, 9.17) is 4.74 Å². The molecule has 0 saturated heterocycles. The maximum Gasteiger partial charge on any atom is 0.306 e. The molecule has 6 heteroatoms. The smallest absolute Gasteiger partial charge is 0.306 e. The molecule has 0 aromatic carbocycles. The summed E-state index contributed by atoms with van der Waals surface area (Å²) in [5, 5.41) is 23.8. The second kappa shape index (κ2) is 49.8. The summed E-state index contributed by atoms with van der Waals surface area (Å²) in [4.78, 5) is 26.1. The fourth-order valence-electron chi connectivity index (χ4n) is 7.30. The van der Waals surface area contributed by atoms with E-state index in [-0.39, 0.29) is 24.9 Å². The Labute approximate surface area is 388 Å². The minimum atomic E-state index is -0.812. The summed E-state index contributed by atoms with van der Waals surface area (Å²) >= 11 is 0. The van der Waals surface area contributed by atoms with E-state index in [1.807, 2.05) is 0 Å². The molecule has 0 rings (SSSR count). The van der Waals surface area contributed by atoms with Gasteiger partial charge in [-0.15, -0.1) is 0 Å². The quantitative estimate of drug-likeness (QED) is 0.0322. The van der Waals surface area contributed by atoms with E-state index in [0.29, 0.717) is 19.3 Å². The molecule has 0 heterocycles. The van der Waals surface area contributed by atoms with Gasteiger partial charge in [-0.2, -0.15) is 0 Å². The van der Waals surface area contributed by atoms with E-state index in [0.717, 1.165) is 116 Å². The van der Waals surface area contributed by atoms with Crippen LogP contribution in [0.2, 0.25) is 0 Å². The van der Waals surface area contributed by atoms with Crippen molar-refractivity contribution >= 4 is 11.9 Å². The molecule has 0 radical (unpaired) electrons. The first-order valence-electron chi connectivity index (χ1n) is 26.0. The number of carbonyl (C=O) groups excluding carboxylic acids is 2. The first-order valence-corrected chi connectivity index (χ1v) is 26.0. The van der Waals surface area contributed by atoms with Crippen molar-refractivity contribution in [3.63, 3.8) is 0 Å². The van der Waals surface area contributed by atoms with E-state index in [1.165, 1.54) is 64.2 Å². The molecule has 1 amide bonds. The Morgan fingerprint density at radius 2 is 0.873 bits per heavy atom. The Bertz CT molecular complexity index is 1260. The minimum Gasteiger partial charge on any atom is -0.462 e. The largest absolute Gasteiger partial charge is 0.462 e. The molecule has 0 bridgehead atoms. The van der Waals surface area contributed by atoms with Gasteiger partial charge < -0.3 is 20.3 Å². The van der Waals surface area contributed by atoms with Crippen molar-refractivity contribution in [1.29, 1.82) is 0 Å². The third-order valence-electron chi connectivity index (χ3n) is 11.2. The first kappa shape index (κ1) is 59.8. The number of amides is 1. The number of unbranched alkanes of at least 4 members (excludes halogenated alkanes) is 17. The average molecular weight is 876 g/mol. The van der Waals surface area contributed by atoms with Crippen LogP contribution < -0.4 is 5.32 Å². The van der Waals surface area contributed by atoms with Crippen LogP contribution in [0.3, 0.4) is 0 Å². The van der Waals surface area contributed by atoms with E-state index in [1.54, 1.807) is 0 Å². The molecular weight excluding hydrogens is 779 g/mol. The summed E-state index contributed by atoms with van der Waals surface area (Å²) < 4.78 is 5.90. The second-order valence-corrected chi connectivity index (χ2v) is 17.2. The highest BCUT2D eigenvalue weighted by Crippen LogP contribution is 2.16. The molecule has 0 aliphatic heterocycles. The summed E-state index contributed by atoms with van der Waals surface area (Å²) in [6.07, 6.45) is 66.1. The molecule has 6 nitrogen and oxygen atoms in total. The van der Waals surface area contributed by atoms with Gasteiger partial charge in [0.05, 0.1) is 25.2 Å². The van der Waals surface area contributed by atoms with Gasteiger partial charge in [0.2, 0.25) is 5.91 Å². The Kier molecular flexibility index (Phi) is 47.2. The minimum absolute atomic E-state index is 0.0241. The van der Waals surface area contributed by atoms with Crippen molar-refractivity contribution < 1.29 is 24.5 Å². The molecule has 0 saturated carbocycles. The van der Waals surface area contributed by atoms with Gasteiger partial charge in [0.25, 0.3) is 0 Å². The number of allylic oxidation sites excluding steroid dienone is 16. The monoisotopic (exact) mass is 876 g/mol. The fourth-order valence-corrected chi connectivity index (χ4v) is 7.30. The summed E-state index contributed by atoms with van der Waals surface area (Å²) in [6.45, 7) is 6.23. The molecule has 360 valence electrons. The lowest BCUT2D eigenvalue weighted by Gasteiger charge is -2.24. The molecule has 3 atom stereocenters. The van der Waals surface area contributed by atoms with Gasteiger partial charge in [-0.05, 0) is 96.3 Å². The molecule has 3 N–H and O–H groups in total. The lowest BCUT2D eigenvalue weighted by molar-refractivity contribution is -0.151. The van der Waals surface area contributed by atoms with Crippen LogP contribution in [-0.2, 0) is 14.3 Å². The van der Waals surface area contributed by atoms with Crippen LogP contribution in [0, 0.1) is 0 Å². The van der Waals surface area contributed by atoms with E-state index < -0.39 is 18.2 Å². The number of aliphatic hydroxyl groups is 2. The van der Waals surface area contributed by atoms with Gasteiger partial charge in [0, 0.05) is 6.42 Å². The van der Waals surface area contributed by atoms with Crippen molar-refractivity contribution in [3.8, 4) is 0 Å². The second-order valence-electron chi connectivity index (χ2n) is 17.2. The fraction of sp³-hybridized carbons (Fsp3) is 0.684. The zero-order valence-electron chi connectivity index (χ0n) is 40.9. The number of hydrogen-bond donors (Lipinski definition) is 3. The number of nitrogens with one attached hydrogen (secondary N) is 1. The summed E-state index contributed by atoms with van der Waals surface area (Å²) in [7, 11) is 0. The van der Waals surface area contributed by atoms with Gasteiger partial charge in [-0.1, -0.05) is 214 Å². The van der Waals surface area contributed by atoms with Crippen LogP contribution in [-0.4, -0.2) is 46.9 Å². The molecule has 3 unspecified atom stereocenters. The van der Waals surface area contributed by atoms with Crippen molar-refractivity contribution in [1.82, 2.24) is 5.32 Å². The lowest BCUT2D eigenvalue weighted by Crippen LogP contribution is -2.46. The number of hydrogen-bond acceptors (Lipinski definition) is 5. The normalized spacial score (nSPS) is 14.0. The topological polar surface area (TPSA) is 95.9 Å². The highest BCUT2D eigenvalue weighted by molar-refractivity contribution is 5.77. The summed E-state index contributed by atoms with van der Waals surface area (Å²) in [5.74, 6) is -0.563. The summed E-state index contributed by atoms with van der Waals surface area (Å²) in [5.41, 5.74) is 0. The predicted octanol–water partition coefficient (Wildman–Crippen LogP) is 15.7. The predicted molar refractivity (Wildman–Crippen MR) is 273 cm³/mol. The molecular formula is C57H97NO5. The van der Waals surface area contributed by atoms with Crippen molar-refractivity contribution in [2.24, 2.45) is 0 Å². The first-order chi connectivity index (χ1) is 31.0. The molecule has 0 aliphatic rings. The average Bonchev–Trinajstić information content (AvgIpc) is 3.28. The number of aliphatic hydroxyl groups excluding tert-OH is 2. The van der Waals surface area contributed by atoms with Gasteiger partial charge >= 0.3 is 5.97 Å². The van der Waals surface area contributed by atoms with Crippen LogP contribution >= 0.6 is 0 Å². The number of rotatable bonds is 45. The van der Waals surface area contributed by atoms with Crippen LogP contribution in [0.4, 0.5) is 0 Å². The zero-order valence-corrected chi connectivity index (χ0v) is 40.9. The lowest BCUT2D eigenvalue weighted by atomic mass is 10.0. The molecule has 0 spiro atoms. The Hall–Kier alpha value is -3.22. The van der Waals surface area contributed by atoms with Gasteiger partial charge in [0.1, 0.15) is 6.10 Å². The van der Waals surface area contributed by atoms with E-state index in [2.05, 4.69) is 123 Å². The Balaban J connectivity index is 4.75. The van der Waals surface area contributed by atoms with Crippen LogP contribution in [0.25, 0.3) is 0 Å². The third-order valence-corrected chi connectivity index (χ3v) is 11.2. The maximum absolute atomic E-state index is 13.2. The Morgan fingerprint density at radius 3 is 1.33 bits per heavy atom. The van der Waals surface area contributed by atoms with Crippen LogP contribution in [0.15, 0.2) is 97.2 Å². The van der Waals surface area contributed by atoms with Crippen molar-refractivity contribution in [2.75, 3.05) is 6.61 Å². The summed E-state index contributed by atoms with van der Waals surface area (Å²) in [6, 6.07) is -0.730. The third kappa shape index (κ3) is 45.2. The van der Waals surface area contributed by atoms with E-state index in [9.17, 15) is 19.8 Å². The number of carbonyl (C=O) groups is 2. The van der Waals surface area contributed by atoms with Gasteiger partial charge in [-0.25, -0.2) is 0 Å². The molecule has 0 aromatic rings. The van der Waals surface area contributed by atoms with Gasteiger partial charge in [0.15, 0.2) is 0 Å². The SMILES string of the molecule is CC/C=C\C/C=C\C/C=C\C/C=C\C/C=C\CCCC(CC(=O)NC(CO)C(O)CCCCCCCCCCCCCCC)OC(=O)CCCCCC/C=C/C/C=C/C/C=C/CC. The number of ether oxygens (including phenoxy) is 1. The maximum atomic E-state index is 13.2. The zero-order chi connectivity index (χ0) is 45.9. The van der Waals surface area contributed by atoms with Crippen LogP contribution in [0.5, 0.6) is 0 Å². The molecule has 0 aliphatic carbocycles. The van der Waals surface area contributed by atoms with Crippen molar-refractivity contribution in [3.05, 3.63) is 97.2 Å². The molecule has 0 fully saturated rings. The highest BCUT2D eigenvalue weighted by Gasteiger charge is 2.24. The number of esters is 1. The van der Waals surface area contributed by atoms with E-state index >= 15 is 0 Å². The molecule has 63 heavy (non-hydrogen) atoms. The standard InChI is InChI=1S/C57H97NO5/c1-4-7-10-13-16-19-22-25-27-28-29-31-33-36-39-42-45-48-53(63-57(62)50-47-44-41-38-35-32-26-23-20-17-14-11-8-5-2)51-56(61)58-54(52-59)55(60)49-46-43-40-37-34-30-24-21-18-15-12-9-6-3/h7-8,10-11,16-17,19-20,25-27,29,31-32,36,39,53-55,59-60H,4-6,9,12-15,18,21-24,28,30,33-35,37-38,40-52H2,1-3H3,(H,58,61)/b10-7-,11-8+,19-16-,20-17+,27-25-,31-29-,32-26+,39-36-. The van der Waals surface area contributed by atoms with Crippen molar-refractivity contribution in [2.45, 2.75) is 244 Å².